The number of anilines is 2. The Balaban J connectivity index is 1.37. The lowest BCUT2D eigenvalue weighted by molar-refractivity contribution is 0.0728. The van der Waals surface area contributed by atoms with Crippen LogP contribution in [0.3, 0.4) is 0 Å². The van der Waals surface area contributed by atoms with Gasteiger partial charge >= 0.3 is 0 Å². The molecule has 0 spiro atoms. The molecule has 0 aliphatic carbocycles. The van der Waals surface area contributed by atoms with Gasteiger partial charge in [-0.1, -0.05) is 42.5 Å². The molecule has 28 heavy (non-hydrogen) atoms. The van der Waals surface area contributed by atoms with Crippen LogP contribution in [0, 0.1) is 0 Å². The van der Waals surface area contributed by atoms with Crippen LogP contribution in [0.4, 0.5) is 11.5 Å². The first kappa shape index (κ1) is 16.9. The molecule has 0 saturated heterocycles. The molecule has 0 bridgehead atoms. The van der Waals surface area contributed by atoms with Crippen molar-refractivity contribution in [3.63, 3.8) is 0 Å². The predicted octanol–water partition coefficient (Wildman–Crippen LogP) is 3.76. The number of carbonyl (C=O) groups is 1. The Kier molecular flexibility index (Phi) is 4.08. The Morgan fingerprint density at radius 2 is 1.71 bits per heavy atom. The van der Waals surface area contributed by atoms with E-state index in [0.717, 1.165) is 25.2 Å². The van der Waals surface area contributed by atoms with Crippen LogP contribution in [-0.4, -0.2) is 33.4 Å². The highest BCUT2D eigenvalue weighted by Crippen LogP contribution is 2.36. The van der Waals surface area contributed by atoms with E-state index in [-0.39, 0.29) is 5.91 Å². The molecule has 5 heteroatoms. The summed E-state index contributed by atoms with van der Waals surface area (Å²) in [6.07, 6.45) is 5.22. The average molecular weight is 370 g/mol. The van der Waals surface area contributed by atoms with Crippen molar-refractivity contribution in [3.05, 3.63) is 83.3 Å². The number of nitrogens with zero attached hydrogens (tertiary/aromatic N) is 4. The van der Waals surface area contributed by atoms with Gasteiger partial charge in [-0.2, -0.15) is 0 Å². The monoisotopic (exact) mass is 370 g/mol. The van der Waals surface area contributed by atoms with Crippen molar-refractivity contribution >= 4 is 17.4 Å². The van der Waals surface area contributed by atoms with Gasteiger partial charge in [-0.25, -0.2) is 9.97 Å². The highest BCUT2D eigenvalue weighted by molar-refractivity contribution is 5.92. The summed E-state index contributed by atoms with van der Waals surface area (Å²) in [5, 5.41) is 0. The van der Waals surface area contributed by atoms with Crippen molar-refractivity contribution in [2.24, 2.45) is 0 Å². The Morgan fingerprint density at radius 1 is 0.964 bits per heavy atom. The first-order valence-corrected chi connectivity index (χ1v) is 9.76. The van der Waals surface area contributed by atoms with Gasteiger partial charge < -0.3 is 9.80 Å². The fraction of sp³-hybridized carbons (Fsp3) is 0.261. The van der Waals surface area contributed by atoms with E-state index in [9.17, 15) is 4.79 Å². The SMILES string of the molecule is CC1Cc2ccccc2N1c1cnc(C(=O)N2CCc3ccccc3C2)cn1. The summed E-state index contributed by atoms with van der Waals surface area (Å²) in [6, 6.07) is 17.0. The van der Waals surface area contributed by atoms with Crippen LogP contribution < -0.4 is 4.90 Å². The van der Waals surface area contributed by atoms with Crippen molar-refractivity contribution in [2.75, 3.05) is 11.4 Å². The van der Waals surface area contributed by atoms with Gasteiger partial charge in [0.2, 0.25) is 0 Å². The lowest BCUT2D eigenvalue weighted by Crippen LogP contribution is -2.36. The van der Waals surface area contributed by atoms with E-state index in [1.807, 2.05) is 17.0 Å². The number of rotatable bonds is 2. The Hall–Kier alpha value is -3.21. The van der Waals surface area contributed by atoms with Gasteiger partial charge in [-0.15, -0.1) is 0 Å². The van der Waals surface area contributed by atoms with Gasteiger partial charge in [0.25, 0.3) is 5.91 Å². The minimum atomic E-state index is -0.0524. The molecule has 2 aliphatic heterocycles. The van der Waals surface area contributed by atoms with E-state index in [4.69, 9.17) is 0 Å². The van der Waals surface area contributed by atoms with Gasteiger partial charge in [0, 0.05) is 24.8 Å². The molecule has 0 fully saturated rings. The Labute approximate surface area is 164 Å². The third-order valence-electron chi connectivity index (χ3n) is 5.73. The molecule has 1 atom stereocenters. The van der Waals surface area contributed by atoms with E-state index in [1.165, 1.54) is 22.4 Å². The fourth-order valence-corrected chi connectivity index (χ4v) is 4.30. The molecule has 0 saturated carbocycles. The summed E-state index contributed by atoms with van der Waals surface area (Å²) in [6.45, 7) is 3.54. The Bertz CT molecular complexity index is 1030. The lowest BCUT2D eigenvalue weighted by Gasteiger charge is -2.28. The second kappa shape index (κ2) is 6.75. The molecule has 1 unspecified atom stereocenters. The number of para-hydroxylation sites is 1. The number of carbonyl (C=O) groups excluding carboxylic acids is 1. The van der Waals surface area contributed by atoms with Crippen LogP contribution in [0.2, 0.25) is 0 Å². The quantitative estimate of drug-likeness (QED) is 0.689. The molecule has 0 N–H and O–H groups in total. The summed E-state index contributed by atoms with van der Waals surface area (Å²) in [4.78, 5) is 26.0. The highest BCUT2D eigenvalue weighted by Gasteiger charge is 2.28. The third kappa shape index (κ3) is 2.83. The maximum Gasteiger partial charge on any atom is 0.274 e. The van der Waals surface area contributed by atoms with Gasteiger partial charge in [0.05, 0.1) is 12.4 Å². The summed E-state index contributed by atoms with van der Waals surface area (Å²) in [7, 11) is 0. The summed E-state index contributed by atoms with van der Waals surface area (Å²) < 4.78 is 0. The summed E-state index contributed by atoms with van der Waals surface area (Å²) in [5.41, 5.74) is 5.45. The first-order chi connectivity index (χ1) is 13.7. The van der Waals surface area contributed by atoms with E-state index in [0.29, 0.717) is 18.3 Å². The van der Waals surface area contributed by atoms with Crippen LogP contribution in [0.5, 0.6) is 0 Å². The zero-order valence-corrected chi connectivity index (χ0v) is 15.9. The molecule has 3 aromatic rings. The first-order valence-electron chi connectivity index (χ1n) is 9.76. The second-order valence-corrected chi connectivity index (χ2v) is 7.56. The molecule has 2 aromatic carbocycles. The summed E-state index contributed by atoms with van der Waals surface area (Å²) >= 11 is 0. The number of hydrogen-bond donors (Lipinski definition) is 0. The third-order valence-corrected chi connectivity index (χ3v) is 5.73. The van der Waals surface area contributed by atoms with Crippen LogP contribution in [-0.2, 0) is 19.4 Å². The molecule has 140 valence electrons. The minimum Gasteiger partial charge on any atom is -0.333 e. The maximum atomic E-state index is 12.9. The zero-order valence-electron chi connectivity index (χ0n) is 15.9. The zero-order chi connectivity index (χ0) is 19.1. The van der Waals surface area contributed by atoms with Crippen LogP contribution >= 0.6 is 0 Å². The smallest absolute Gasteiger partial charge is 0.274 e. The van der Waals surface area contributed by atoms with Crippen LogP contribution in [0.25, 0.3) is 0 Å². The molecular formula is C23H22N4O. The molecule has 1 amide bonds. The van der Waals surface area contributed by atoms with Gasteiger partial charge in [0.1, 0.15) is 5.69 Å². The highest BCUT2D eigenvalue weighted by atomic mass is 16.2. The van der Waals surface area contributed by atoms with E-state index in [2.05, 4.69) is 58.2 Å². The van der Waals surface area contributed by atoms with Crippen LogP contribution in [0.15, 0.2) is 60.9 Å². The van der Waals surface area contributed by atoms with Gasteiger partial charge in [-0.3, -0.25) is 4.79 Å². The van der Waals surface area contributed by atoms with E-state index >= 15 is 0 Å². The largest absolute Gasteiger partial charge is 0.333 e. The van der Waals surface area contributed by atoms with E-state index < -0.39 is 0 Å². The molecule has 5 nitrogen and oxygen atoms in total. The summed E-state index contributed by atoms with van der Waals surface area (Å²) in [5.74, 6) is 0.737. The second-order valence-electron chi connectivity index (χ2n) is 7.56. The van der Waals surface area contributed by atoms with Gasteiger partial charge in [-0.05, 0) is 42.5 Å². The van der Waals surface area contributed by atoms with Crippen molar-refractivity contribution in [3.8, 4) is 0 Å². The number of benzene rings is 2. The lowest BCUT2D eigenvalue weighted by atomic mass is 10.00. The maximum absolute atomic E-state index is 12.9. The van der Waals surface area contributed by atoms with Crippen molar-refractivity contribution in [1.82, 2.24) is 14.9 Å². The fourth-order valence-electron chi connectivity index (χ4n) is 4.30. The molecule has 5 rings (SSSR count). The predicted molar refractivity (Wildman–Crippen MR) is 109 cm³/mol. The topological polar surface area (TPSA) is 49.3 Å². The average Bonchev–Trinajstić information content (AvgIpc) is 3.08. The van der Waals surface area contributed by atoms with Crippen molar-refractivity contribution < 1.29 is 4.79 Å². The molecule has 2 aliphatic rings. The number of hydrogen-bond acceptors (Lipinski definition) is 4. The van der Waals surface area contributed by atoms with Crippen molar-refractivity contribution in [2.45, 2.75) is 32.4 Å². The minimum absolute atomic E-state index is 0.0524. The number of amides is 1. The Morgan fingerprint density at radius 3 is 2.50 bits per heavy atom. The standard InChI is InChI=1S/C23H22N4O/c1-16-12-18-7-4-5-9-21(18)27(16)22-14-24-20(13-25-22)23(28)26-11-10-17-6-2-3-8-19(17)15-26/h2-9,13-14,16H,10-12,15H2,1H3. The molecule has 1 aromatic heterocycles. The molecular weight excluding hydrogens is 348 g/mol. The molecule has 0 radical (unpaired) electrons. The van der Waals surface area contributed by atoms with Crippen LogP contribution in [0.1, 0.15) is 34.1 Å². The van der Waals surface area contributed by atoms with Gasteiger partial charge in [0.15, 0.2) is 5.82 Å². The van der Waals surface area contributed by atoms with Crippen molar-refractivity contribution in [1.29, 1.82) is 0 Å². The normalized spacial score (nSPS) is 18.0. The molecule has 3 heterocycles. The number of aromatic nitrogens is 2. The number of fused-ring (bicyclic) bond motifs is 2. The van der Waals surface area contributed by atoms with E-state index in [1.54, 1.807) is 12.4 Å².